The van der Waals surface area contributed by atoms with Gasteiger partial charge in [-0.2, -0.15) is 0 Å². The van der Waals surface area contributed by atoms with Crippen LogP contribution in [0.3, 0.4) is 0 Å². The lowest BCUT2D eigenvalue weighted by Crippen LogP contribution is -2.40. The van der Waals surface area contributed by atoms with Crippen molar-refractivity contribution in [2.24, 2.45) is 5.14 Å². The molecular weight excluding hydrogens is 416 g/mol. The number of fused-ring (bicyclic) bond motifs is 1. The van der Waals surface area contributed by atoms with Gasteiger partial charge >= 0.3 is 0 Å². The van der Waals surface area contributed by atoms with Crippen LogP contribution in [0.5, 0.6) is 5.75 Å². The predicted molar refractivity (Wildman–Crippen MR) is 119 cm³/mol. The monoisotopic (exact) mass is 450 g/mol. The van der Waals surface area contributed by atoms with Gasteiger partial charge in [0.1, 0.15) is 11.9 Å². The van der Waals surface area contributed by atoms with E-state index in [1.54, 1.807) is 6.07 Å². The van der Waals surface area contributed by atoms with Gasteiger partial charge < -0.3 is 10.1 Å². The summed E-state index contributed by atoms with van der Waals surface area (Å²) in [5, 5.41) is 8.40. The van der Waals surface area contributed by atoms with Crippen LogP contribution < -0.4 is 15.2 Å². The number of likely N-dealkylation sites (N-methyl/N-ethyl adjacent to an activating group) is 1. The zero-order valence-electron chi connectivity index (χ0n) is 18.3. The molecule has 172 valence electrons. The average Bonchev–Trinajstić information content (AvgIpc) is 3.37. The summed E-state index contributed by atoms with van der Waals surface area (Å²) in [7, 11) is -3.92. The van der Waals surface area contributed by atoms with E-state index in [1.165, 1.54) is 25.3 Å². The highest BCUT2D eigenvalue weighted by molar-refractivity contribution is 7.89. The zero-order valence-corrected chi connectivity index (χ0v) is 19.1. The fraction of sp³-hybridized carbons (Fsp3) is 0.682. The molecule has 0 bridgehead atoms. The molecule has 2 unspecified atom stereocenters. The molecule has 3 aliphatic rings. The van der Waals surface area contributed by atoms with Crippen molar-refractivity contribution in [3.05, 3.63) is 23.3 Å². The standard InChI is InChI=1S/C22H34N4O4S/c1-2-26-10-6-7-17(26)14-24-22(27)20-13-19(31(23,28)29)12-16-11-18(30-21(16)20)15-25-8-4-3-5-9-25/h12-13,17-18H,2-11,14-15H2,1H3,(H,24,27)(H2,23,28,29). The number of ether oxygens (including phenoxy) is 1. The summed E-state index contributed by atoms with van der Waals surface area (Å²) in [5.41, 5.74) is 1.01. The number of nitrogens with zero attached hydrogens (tertiary/aromatic N) is 2. The number of hydrogen-bond acceptors (Lipinski definition) is 6. The number of piperidine rings is 1. The first-order chi connectivity index (χ1) is 14.8. The molecule has 3 N–H and O–H groups in total. The topological polar surface area (TPSA) is 105 Å². The molecule has 3 heterocycles. The van der Waals surface area contributed by atoms with Crippen LogP contribution >= 0.6 is 0 Å². The number of likely N-dealkylation sites (tertiary alicyclic amines) is 2. The second kappa shape index (κ2) is 9.44. The molecule has 0 aromatic heterocycles. The van der Waals surface area contributed by atoms with Crippen molar-refractivity contribution < 1.29 is 17.9 Å². The van der Waals surface area contributed by atoms with Gasteiger partial charge in [-0.15, -0.1) is 0 Å². The van der Waals surface area contributed by atoms with Crippen molar-refractivity contribution in [2.45, 2.75) is 62.5 Å². The van der Waals surface area contributed by atoms with E-state index in [0.717, 1.165) is 51.1 Å². The van der Waals surface area contributed by atoms with E-state index in [2.05, 4.69) is 22.0 Å². The molecule has 1 amide bonds. The molecule has 3 aliphatic heterocycles. The minimum atomic E-state index is -3.92. The SMILES string of the molecule is CCN1CCCC1CNC(=O)c1cc(S(N)(=O)=O)cc2c1OC(CN1CCCCC1)C2. The number of primary sulfonamides is 1. The summed E-state index contributed by atoms with van der Waals surface area (Å²) in [5.74, 6) is 0.203. The number of carbonyl (C=O) groups is 1. The Bertz CT molecular complexity index is 914. The highest BCUT2D eigenvalue weighted by atomic mass is 32.2. The van der Waals surface area contributed by atoms with Gasteiger partial charge in [-0.05, 0) is 64.0 Å². The molecule has 2 atom stereocenters. The zero-order chi connectivity index (χ0) is 22.0. The second-order valence-electron chi connectivity index (χ2n) is 8.94. The highest BCUT2D eigenvalue weighted by Gasteiger charge is 2.32. The van der Waals surface area contributed by atoms with Gasteiger partial charge in [0.05, 0.1) is 10.5 Å². The molecule has 31 heavy (non-hydrogen) atoms. The summed E-state index contributed by atoms with van der Waals surface area (Å²) in [6.07, 6.45) is 6.34. The van der Waals surface area contributed by atoms with Crippen LogP contribution in [-0.2, 0) is 16.4 Å². The number of sulfonamides is 1. The number of nitrogens with two attached hydrogens (primary N) is 1. The molecule has 8 nitrogen and oxygen atoms in total. The lowest BCUT2D eigenvalue weighted by atomic mass is 10.0. The summed E-state index contributed by atoms with van der Waals surface area (Å²) < 4.78 is 30.3. The van der Waals surface area contributed by atoms with E-state index in [9.17, 15) is 13.2 Å². The molecule has 1 aromatic rings. The van der Waals surface area contributed by atoms with Gasteiger partial charge in [0.15, 0.2) is 0 Å². The quantitative estimate of drug-likeness (QED) is 0.650. The van der Waals surface area contributed by atoms with Gasteiger partial charge in [0, 0.05) is 31.1 Å². The van der Waals surface area contributed by atoms with Crippen LogP contribution in [0.25, 0.3) is 0 Å². The Morgan fingerprint density at radius 1 is 1.19 bits per heavy atom. The van der Waals surface area contributed by atoms with Crippen LogP contribution in [0.15, 0.2) is 17.0 Å². The van der Waals surface area contributed by atoms with Crippen LogP contribution in [0.2, 0.25) is 0 Å². The molecule has 9 heteroatoms. The van der Waals surface area contributed by atoms with E-state index in [4.69, 9.17) is 9.88 Å². The van der Waals surface area contributed by atoms with Crippen molar-refractivity contribution in [1.29, 1.82) is 0 Å². The van der Waals surface area contributed by atoms with Crippen LogP contribution in [0, 0.1) is 0 Å². The largest absolute Gasteiger partial charge is 0.488 e. The van der Waals surface area contributed by atoms with Crippen molar-refractivity contribution >= 4 is 15.9 Å². The first-order valence-electron chi connectivity index (χ1n) is 11.5. The van der Waals surface area contributed by atoms with Crippen molar-refractivity contribution in [2.75, 3.05) is 39.3 Å². The first-order valence-corrected chi connectivity index (χ1v) is 13.0. The summed E-state index contributed by atoms with van der Waals surface area (Å²) in [6.45, 7) is 7.57. The molecule has 0 aliphatic carbocycles. The number of rotatable bonds is 7. The van der Waals surface area contributed by atoms with Gasteiger partial charge in [-0.3, -0.25) is 14.6 Å². The average molecular weight is 451 g/mol. The Morgan fingerprint density at radius 2 is 1.97 bits per heavy atom. The summed E-state index contributed by atoms with van der Waals surface area (Å²) in [6, 6.07) is 3.24. The molecule has 0 radical (unpaired) electrons. The maximum atomic E-state index is 13.1. The van der Waals surface area contributed by atoms with Crippen molar-refractivity contribution in [1.82, 2.24) is 15.1 Å². The third kappa shape index (κ3) is 5.22. The number of nitrogens with one attached hydrogen (secondary N) is 1. The Balaban J connectivity index is 1.51. The molecular formula is C22H34N4O4S. The van der Waals surface area contributed by atoms with Gasteiger partial charge in [0.2, 0.25) is 10.0 Å². The molecule has 0 saturated carbocycles. The number of amides is 1. The molecule has 2 fully saturated rings. The number of carbonyl (C=O) groups excluding carboxylic acids is 1. The highest BCUT2D eigenvalue weighted by Crippen LogP contribution is 2.35. The summed E-state index contributed by atoms with van der Waals surface area (Å²) in [4.78, 5) is 17.8. The maximum absolute atomic E-state index is 13.1. The predicted octanol–water partition coefficient (Wildman–Crippen LogP) is 1.34. The van der Waals surface area contributed by atoms with E-state index in [1.807, 2.05) is 0 Å². The van der Waals surface area contributed by atoms with Crippen LogP contribution in [0.1, 0.15) is 54.9 Å². The lowest BCUT2D eigenvalue weighted by Gasteiger charge is -2.28. The Labute approximate surface area is 185 Å². The van der Waals surface area contributed by atoms with Gasteiger partial charge in [0.25, 0.3) is 5.91 Å². The van der Waals surface area contributed by atoms with E-state index in [-0.39, 0.29) is 22.5 Å². The Hall–Kier alpha value is -1.68. The van der Waals surface area contributed by atoms with E-state index in [0.29, 0.717) is 24.8 Å². The second-order valence-corrected chi connectivity index (χ2v) is 10.5. The van der Waals surface area contributed by atoms with Gasteiger partial charge in [-0.1, -0.05) is 13.3 Å². The van der Waals surface area contributed by atoms with Crippen molar-refractivity contribution in [3.63, 3.8) is 0 Å². The maximum Gasteiger partial charge on any atom is 0.255 e. The van der Waals surface area contributed by atoms with E-state index >= 15 is 0 Å². The fourth-order valence-electron chi connectivity index (χ4n) is 5.12. The third-order valence-corrected chi connectivity index (χ3v) is 7.65. The first kappa shape index (κ1) is 22.5. The van der Waals surface area contributed by atoms with Crippen LogP contribution in [-0.4, -0.2) is 75.5 Å². The minimum Gasteiger partial charge on any atom is -0.488 e. The molecule has 4 rings (SSSR count). The smallest absolute Gasteiger partial charge is 0.255 e. The number of hydrogen-bond donors (Lipinski definition) is 2. The Kier molecular flexibility index (Phi) is 6.86. The molecule has 0 spiro atoms. The Morgan fingerprint density at radius 3 is 2.68 bits per heavy atom. The lowest BCUT2D eigenvalue weighted by molar-refractivity contribution is 0.0931. The fourth-order valence-corrected chi connectivity index (χ4v) is 5.71. The van der Waals surface area contributed by atoms with Crippen LogP contribution in [0.4, 0.5) is 0 Å². The summed E-state index contributed by atoms with van der Waals surface area (Å²) >= 11 is 0. The third-order valence-electron chi connectivity index (χ3n) is 6.76. The molecule has 2 saturated heterocycles. The van der Waals surface area contributed by atoms with Gasteiger partial charge in [-0.25, -0.2) is 13.6 Å². The molecule has 1 aromatic carbocycles. The van der Waals surface area contributed by atoms with E-state index < -0.39 is 10.0 Å². The normalized spacial score (nSPS) is 24.7. The number of benzene rings is 1. The minimum absolute atomic E-state index is 0.0327. The van der Waals surface area contributed by atoms with Crippen molar-refractivity contribution in [3.8, 4) is 5.75 Å².